The molecule has 1 aliphatic heterocycles. The molecule has 1 heterocycles. The summed E-state index contributed by atoms with van der Waals surface area (Å²) in [6.45, 7) is 2.64. The Hall–Kier alpha value is -1.95. The van der Waals surface area contributed by atoms with Crippen molar-refractivity contribution < 1.29 is 14.3 Å². The van der Waals surface area contributed by atoms with Gasteiger partial charge in [0.25, 0.3) is 5.24 Å². The van der Waals surface area contributed by atoms with E-state index in [0.29, 0.717) is 18.7 Å². The zero-order chi connectivity index (χ0) is 16.3. The lowest BCUT2D eigenvalue weighted by Gasteiger charge is -2.28. The highest BCUT2D eigenvalue weighted by atomic mass is 32.2. The van der Waals surface area contributed by atoms with E-state index in [1.54, 1.807) is 21.0 Å². The lowest BCUT2D eigenvalue weighted by atomic mass is 10.0. The van der Waals surface area contributed by atoms with Gasteiger partial charge >= 0.3 is 5.97 Å². The minimum absolute atomic E-state index is 0.0484. The molecule has 1 aromatic rings. The second-order valence-electron chi connectivity index (χ2n) is 5.20. The number of esters is 1. The molecule has 0 spiro atoms. The van der Waals surface area contributed by atoms with Crippen LogP contribution in [0, 0.1) is 0 Å². The van der Waals surface area contributed by atoms with Gasteiger partial charge in [-0.05, 0) is 36.9 Å². The summed E-state index contributed by atoms with van der Waals surface area (Å²) >= 11 is 1.16. The van der Waals surface area contributed by atoms with E-state index in [9.17, 15) is 9.59 Å². The third-order valence-corrected chi connectivity index (χ3v) is 4.40. The van der Waals surface area contributed by atoms with Gasteiger partial charge < -0.3 is 14.5 Å². The summed E-state index contributed by atoms with van der Waals surface area (Å²) in [7, 11) is 5.36. The minimum Gasteiger partial charge on any atom is -0.463 e. The van der Waals surface area contributed by atoms with Crippen LogP contribution in [0.2, 0.25) is 0 Å². The summed E-state index contributed by atoms with van der Waals surface area (Å²) < 4.78 is 5.09. The third-order valence-electron chi connectivity index (χ3n) is 3.28. The van der Waals surface area contributed by atoms with Gasteiger partial charge in [-0.2, -0.15) is 0 Å². The first-order valence-corrected chi connectivity index (χ1v) is 7.86. The molecule has 2 rings (SSSR count). The summed E-state index contributed by atoms with van der Waals surface area (Å²) in [4.78, 5) is 28.3. The predicted molar refractivity (Wildman–Crippen MR) is 89.3 cm³/mol. The van der Waals surface area contributed by atoms with Crippen LogP contribution in [0.3, 0.4) is 0 Å². The van der Waals surface area contributed by atoms with Gasteiger partial charge in [0.2, 0.25) is 0 Å². The lowest BCUT2D eigenvalue weighted by molar-refractivity contribution is -0.138. The average molecular weight is 320 g/mol. The number of anilines is 1. The molecular weight excluding hydrogens is 300 g/mol. The van der Waals surface area contributed by atoms with Gasteiger partial charge in [-0.3, -0.25) is 4.79 Å². The predicted octanol–water partition coefficient (Wildman–Crippen LogP) is 2.86. The number of fused-ring (bicyclic) bond motifs is 1. The molecule has 0 bridgehead atoms. The van der Waals surface area contributed by atoms with E-state index in [-0.39, 0.29) is 11.2 Å². The number of benzene rings is 1. The van der Waals surface area contributed by atoms with Crippen LogP contribution in [0.15, 0.2) is 28.7 Å². The first-order chi connectivity index (χ1) is 10.4. The Morgan fingerprint density at radius 1 is 1.36 bits per heavy atom. The molecule has 0 fully saturated rings. The number of likely N-dealkylation sites (N-methyl/N-ethyl adjacent to an activating group) is 1. The highest BCUT2D eigenvalue weighted by molar-refractivity contribution is 8.13. The number of hydrogen-bond donors (Lipinski definition) is 0. The van der Waals surface area contributed by atoms with E-state index in [2.05, 4.69) is 0 Å². The summed E-state index contributed by atoms with van der Waals surface area (Å²) in [6, 6.07) is 5.80. The largest absolute Gasteiger partial charge is 0.463 e. The van der Waals surface area contributed by atoms with Crippen LogP contribution in [-0.2, 0) is 9.53 Å². The van der Waals surface area contributed by atoms with E-state index in [4.69, 9.17) is 4.74 Å². The number of ether oxygens (including phenoxy) is 1. The van der Waals surface area contributed by atoms with Crippen molar-refractivity contribution in [3.8, 4) is 0 Å². The van der Waals surface area contributed by atoms with Gasteiger partial charge in [-0.1, -0.05) is 6.07 Å². The quantitative estimate of drug-likeness (QED) is 0.633. The zero-order valence-corrected chi connectivity index (χ0v) is 14.1. The lowest BCUT2D eigenvalue weighted by Crippen LogP contribution is -2.28. The number of carbonyl (C=O) groups is 2. The first-order valence-electron chi connectivity index (χ1n) is 7.05. The van der Waals surface area contributed by atoms with E-state index in [0.717, 1.165) is 27.9 Å². The molecule has 1 aliphatic rings. The number of thioether (sulfide) groups is 1. The van der Waals surface area contributed by atoms with E-state index >= 15 is 0 Å². The molecule has 0 aromatic heterocycles. The second-order valence-corrected chi connectivity index (χ2v) is 6.19. The average Bonchev–Trinajstić information content (AvgIpc) is 2.48. The van der Waals surface area contributed by atoms with Crippen LogP contribution < -0.4 is 4.90 Å². The van der Waals surface area contributed by atoms with Gasteiger partial charge in [0, 0.05) is 43.8 Å². The minimum atomic E-state index is -0.307. The fourth-order valence-corrected chi connectivity index (χ4v) is 2.98. The molecule has 1 amide bonds. The van der Waals surface area contributed by atoms with Crippen LogP contribution in [0.4, 0.5) is 10.5 Å². The molecule has 22 heavy (non-hydrogen) atoms. The van der Waals surface area contributed by atoms with E-state index < -0.39 is 0 Å². The molecule has 0 atom stereocenters. The Labute approximate surface area is 134 Å². The number of carbonyl (C=O) groups excluding carboxylic acids is 2. The summed E-state index contributed by atoms with van der Waals surface area (Å²) in [5.41, 5.74) is 2.49. The van der Waals surface area contributed by atoms with Crippen molar-refractivity contribution in [3.05, 3.63) is 29.3 Å². The van der Waals surface area contributed by atoms with Crippen LogP contribution in [-0.4, -0.2) is 50.4 Å². The number of nitrogens with zero attached hydrogens (tertiary/aromatic N) is 2. The van der Waals surface area contributed by atoms with Crippen molar-refractivity contribution in [3.63, 3.8) is 0 Å². The maximum atomic E-state index is 12.0. The van der Waals surface area contributed by atoms with Gasteiger partial charge in [-0.15, -0.1) is 0 Å². The molecule has 118 valence electrons. The maximum Gasteiger partial charge on any atom is 0.335 e. The van der Waals surface area contributed by atoms with Crippen molar-refractivity contribution in [1.29, 1.82) is 0 Å². The summed E-state index contributed by atoms with van der Waals surface area (Å²) in [6.07, 6.45) is 1.83. The SMILES string of the molecule is CCOC(=O)C1=Cc2c(SC(=O)N(C)C)cccc2N(C)C1. The zero-order valence-electron chi connectivity index (χ0n) is 13.3. The fourth-order valence-electron chi connectivity index (χ4n) is 2.19. The second kappa shape index (κ2) is 6.87. The molecule has 1 aromatic carbocycles. The van der Waals surface area contributed by atoms with Crippen molar-refractivity contribution in [1.82, 2.24) is 4.90 Å². The van der Waals surface area contributed by atoms with E-state index in [1.807, 2.05) is 36.2 Å². The topological polar surface area (TPSA) is 49.9 Å². The third kappa shape index (κ3) is 3.44. The van der Waals surface area contributed by atoms with Crippen LogP contribution in [0.1, 0.15) is 12.5 Å². The van der Waals surface area contributed by atoms with Crippen molar-refractivity contribution in [2.24, 2.45) is 0 Å². The van der Waals surface area contributed by atoms with Gasteiger partial charge in [-0.25, -0.2) is 4.79 Å². The number of amides is 1. The fraction of sp³-hybridized carbons (Fsp3) is 0.375. The van der Waals surface area contributed by atoms with Crippen LogP contribution >= 0.6 is 11.8 Å². The maximum absolute atomic E-state index is 12.0. The molecule has 0 radical (unpaired) electrons. The van der Waals surface area contributed by atoms with Gasteiger partial charge in [0.1, 0.15) is 0 Å². The monoisotopic (exact) mass is 320 g/mol. The summed E-state index contributed by atoms with van der Waals surface area (Å²) in [5, 5.41) is -0.0484. The van der Waals surface area contributed by atoms with E-state index in [1.165, 1.54) is 4.90 Å². The Balaban J connectivity index is 2.40. The highest BCUT2D eigenvalue weighted by Crippen LogP contribution is 2.36. The Bertz CT molecular complexity index is 626. The van der Waals surface area contributed by atoms with Gasteiger partial charge in [0.15, 0.2) is 0 Å². The van der Waals surface area contributed by atoms with Crippen molar-refractivity contribution in [2.75, 3.05) is 39.2 Å². The standard InChI is InChI=1S/C16H20N2O3S/c1-5-21-15(19)11-9-12-13(18(4)10-11)7-6-8-14(12)22-16(20)17(2)3/h6-9H,5,10H2,1-4H3. The first kappa shape index (κ1) is 16.4. The molecule has 0 aliphatic carbocycles. The molecule has 0 unspecified atom stereocenters. The molecule has 0 N–H and O–H groups in total. The normalized spacial score (nSPS) is 13.3. The van der Waals surface area contributed by atoms with Crippen LogP contribution in [0.25, 0.3) is 6.08 Å². The molecular formula is C16H20N2O3S. The number of hydrogen-bond acceptors (Lipinski definition) is 5. The molecule has 5 nitrogen and oxygen atoms in total. The van der Waals surface area contributed by atoms with Gasteiger partial charge in [0.05, 0.1) is 12.2 Å². The van der Waals surface area contributed by atoms with Crippen molar-refractivity contribution in [2.45, 2.75) is 11.8 Å². The smallest absolute Gasteiger partial charge is 0.335 e. The Morgan fingerprint density at radius 2 is 2.09 bits per heavy atom. The highest BCUT2D eigenvalue weighted by Gasteiger charge is 2.23. The molecule has 0 saturated carbocycles. The number of rotatable bonds is 3. The van der Waals surface area contributed by atoms with Crippen molar-refractivity contribution >= 4 is 34.7 Å². The van der Waals surface area contributed by atoms with Crippen LogP contribution in [0.5, 0.6) is 0 Å². The Kier molecular flexibility index (Phi) is 5.13. The molecule has 0 saturated heterocycles. The summed E-state index contributed by atoms with van der Waals surface area (Å²) in [5.74, 6) is -0.307. The Morgan fingerprint density at radius 3 is 2.73 bits per heavy atom. The molecule has 6 heteroatoms.